The number of hydrogen-bond donors (Lipinski definition) is 2. The Morgan fingerprint density at radius 1 is 1.24 bits per heavy atom. The van der Waals surface area contributed by atoms with Gasteiger partial charge < -0.3 is 10.1 Å². The van der Waals surface area contributed by atoms with E-state index in [0.717, 1.165) is 24.4 Å². The van der Waals surface area contributed by atoms with E-state index in [1.165, 1.54) is 12.7 Å². The second-order valence-electron chi connectivity index (χ2n) is 7.53. The van der Waals surface area contributed by atoms with Crippen LogP contribution in [0, 0.1) is 0 Å². The van der Waals surface area contributed by atoms with Gasteiger partial charge in [0.05, 0.1) is 19.7 Å². The van der Waals surface area contributed by atoms with Crippen LogP contribution in [0.15, 0.2) is 47.8 Å². The van der Waals surface area contributed by atoms with E-state index < -0.39 is 5.54 Å². The molecule has 1 aliphatic rings. The van der Waals surface area contributed by atoms with Gasteiger partial charge in [0, 0.05) is 18.0 Å². The Morgan fingerprint density at radius 2 is 2.03 bits per heavy atom. The van der Waals surface area contributed by atoms with Gasteiger partial charge >= 0.3 is 5.97 Å². The van der Waals surface area contributed by atoms with Crippen LogP contribution in [-0.4, -0.2) is 49.1 Å². The van der Waals surface area contributed by atoms with Crippen LogP contribution in [0.2, 0.25) is 0 Å². The van der Waals surface area contributed by atoms with Crippen molar-refractivity contribution in [3.05, 3.63) is 58.3 Å². The molecule has 3 rings (SSSR count). The summed E-state index contributed by atoms with van der Waals surface area (Å²) in [6.07, 6.45) is 1.51. The summed E-state index contributed by atoms with van der Waals surface area (Å²) in [6, 6.07) is 14.1. The fraction of sp³-hybridized carbons (Fsp3) is 0.455. The Balaban J connectivity index is 1.61. The average Bonchev–Trinajstić information content (AvgIpc) is 3.28. The molecule has 156 valence electrons. The van der Waals surface area contributed by atoms with Crippen LogP contribution in [0.1, 0.15) is 36.2 Å². The quantitative estimate of drug-likeness (QED) is 0.649. The van der Waals surface area contributed by atoms with Crippen molar-refractivity contribution in [2.45, 2.75) is 37.9 Å². The predicted molar refractivity (Wildman–Crippen MR) is 115 cm³/mol. The van der Waals surface area contributed by atoms with E-state index in [1.807, 2.05) is 42.6 Å². The van der Waals surface area contributed by atoms with Crippen molar-refractivity contribution in [3.8, 4) is 0 Å². The van der Waals surface area contributed by atoms with E-state index >= 15 is 0 Å². The molecule has 0 radical (unpaired) electrons. The summed E-state index contributed by atoms with van der Waals surface area (Å²) < 4.78 is 5.11. The van der Waals surface area contributed by atoms with E-state index in [4.69, 9.17) is 4.74 Å². The van der Waals surface area contributed by atoms with E-state index in [9.17, 15) is 9.59 Å². The summed E-state index contributed by atoms with van der Waals surface area (Å²) in [5, 5.41) is 8.21. The highest BCUT2D eigenvalue weighted by Crippen LogP contribution is 2.24. The molecule has 7 heteroatoms. The van der Waals surface area contributed by atoms with Crippen LogP contribution in [-0.2, 0) is 20.9 Å². The molecule has 6 nitrogen and oxygen atoms in total. The zero-order chi connectivity index (χ0) is 20.7. The number of rotatable bonds is 8. The number of likely N-dealkylation sites (tertiary alicyclic amines) is 1. The maximum atomic E-state index is 12.7. The van der Waals surface area contributed by atoms with Gasteiger partial charge in [-0.05, 0) is 43.3 Å². The third-order valence-electron chi connectivity index (χ3n) is 5.33. The maximum absolute atomic E-state index is 12.7. The molecule has 0 saturated carbocycles. The number of nitrogens with one attached hydrogen (secondary N) is 2. The second-order valence-corrected chi connectivity index (χ2v) is 8.51. The minimum Gasteiger partial charge on any atom is -0.468 e. The Kier molecular flexibility index (Phi) is 7.41. The van der Waals surface area contributed by atoms with E-state index in [2.05, 4.69) is 27.7 Å². The lowest BCUT2D eigenvalue weighted by atomic mass is 9.88. The van der Waals surface area contributed by atoms with Crippen LogP contribution in [0.5, 0.6) is 0 Å². The largest absolute Gasteiger partial charge is 0.468 e. The molecule has 29 heavy (non-hydrogen) atoms. The molecular formula is C22H29N3O3S. The lowest BCUT2D eigenvalue weighted by Crippen LogP contribution is -2.63. The standard InChI is InChI=1S/C22H29N3O3S/c1-17(19-10-6-13-29-19)24-20(26)14-23-22(21(27)28-2)11-7-12-25(16-22)15-18-8-4-3-5-9-18/h3-6,8-10,13,17,23H,7,11-12,14-16H2,1-2H3,(H,24,26). The Morgan fingerprint density at radius 3 is 2.72 bits per heavy atom. The number of methoxy groups -OCH3 is 1. The summed E-state index contributed by atoms with van der Waals surface area (Å²) >= 11 is 1.61. The van der Waals surface area contributed by atoms with Gasteiger partial charge in [0.1, 0.15) is 5.54 Å². The van der Waals surface area contributed by atoms with Crippen molar-refractivity contribution in [2.24, 2.45) is 0 Å². The van der Waals surface area contributed by atoms with Gasteiger partial charge in [-0.25, -0.2) is 0 Å². The van der Waals surface area contributed by atoms with Gasteiger partial charge in [0.15, 0.2) is 0 Å². The number of nitrogens with zero attached hydrogens (tertiary/aromatic N) is 1. The van der Waals surface area contributed by atoms with Crippen LogP contribution in [0.3, 0.4) is 0 Å². The van der Waals surface area contributed by atoms with Crippen molar-refractivity contribution in [1.29, 1.82) is 0 Å². The highest BCUT2D eigenvalue weighted by atomic mass is 32.1. The zero-order valence-corrected chi connectivity index (χ0v) is 17.8. The number of carbonyl (C=O) groups excluding carboxylic acids is 2. The van der Waals surface area contributed by atoms with Crippen molar-refractivity contribution < 1.29 is 14.3 Å². The summed E-state index contributed by atoms with van der Waals surface area (Å²) in [5.74, 6) is -0.441. The molecule has 2 aromatic rings. The molecule has 0 aliphatic carbocycles. The van der Waals surface area contributed by atoms with Crippen LogP contribution in [0.4, 0.5) is 0 Å². The molecule has 1 saturated heterocycles. The van der Waals surface area contributed by atoms with Crippen molar-refractivity contribution in [2.75, 3.05) is 26.7 Å². The average molecular weight is 416 g/mol. The lowest BCUT2D eigenvalue weighted by Gasteiger charge is -2.41. The first-order chi connectivity index (χ1) is 14.0. The molecule has 0 spiro atoms. The van der Waals surface area contributed by atoms with Crippen LogP contribution in [0.25, 0.3) is 0 Å². The number of amides is 1. The third kappa shape index (κ3) is 5.65. The van der Waals surface area contributed by atoms with Crippen LogP contribution >= 0.6 is 11.3 Å². The molecule has 1 aromatic heterocycles. The van der Waals surface area contributed by atoms with Gasteiger partial charge in [-0.1, -0.05) is 36.4 Å². The number of benzene rings is 1. The number of hydrogen-bond acceptors (Lipinski definition) is 6. The van der Waals surface area contributed by atoms with E-state index in [-0.39, 0.29) is 24.5 Å². The third-order valence-corrected chi connectivity index (χ3v) is 6.39. The Hall–Kier alpha value is -2.22. The summed E-state index contributed by atoms with van der Waals surface area (Å²) in [6.45, 7) is 4.23. The Labute approximate surface area is 176 Å². The summed E-state index contributed by atoms with van der Waals surface area (Å²) in [5.41, 5.74) is 0.335. The maximum Gasteiger partial charge on any atom is 0.327 e. The van der Waals surface area contributed by atoms with Gasteiger partial charge in [-0.2, -0.15) is 0 Å². The Bertz CT molecular complexity index is 797. The second kappa shape index (κ2) is 10.0. The number of thiophene rings is 1. The summed E-state index contributed by atoms with van der Waals surface area (Å²) in [4.78, 5) is 28.5. The SMILES string of the molecule is COC(=O)C1(NCC(=O)NC(C)c2cccs2)CCCN(Cc2ccccc2)C1. The fourth-order valence-corrected chi connectivity index (χ4v) is 4.58. The smallest absolute Gasteiger partial charge is 0.327 e. The molecule has 2 N–H and O–H groups in total. The molecule has 1 aliphatic heterocycles. The molecule has 1 aromatic carbocycles. The van der Waals surface area contributed by atoms with E-state index in [0.29, 0.717) is 13.0 Å². The van der Waals surface area contributed by atoms with Crippen LogP contribution < -0.4 is 10.6 Å². The molecule has 2 unspecified atom stereocenters. The van der Waals surface area contributed by atoms with E-state index in [1.54, 1.807) is 11.3 Å². The first-order valence-corrected chi connectivity index (χ1v) is 10.8. The number of piperidine rings is 1. The van der Waals surface area contributed by atoms with Crippen molar-refractivity contribution in [3.63, 3.8) is 0 Å². The number of ether oxygens (including phenoxy) is 1. The van der Waals surface area contributed by atoms with Crippen molar-refractivity contribution in [1.82, 2.24) is 15.5 Å². The number of carbonyl (C=O) groups is 2. The minimum absolute atomic E-state index is 0.0562. The highest BCUT2D eigenvalue weighted by Gasteiger charge is 2.43. The zero-order valence-electron chi connectivity index (χ0n) is 17.0. The van der Waals surface area contributed by atoms with Gasteiger partial charge in [-0.3, -0.25) is 19.8 Å². The monoisotopic (exact) mass is 415 g/mol. The molecular weight excluding hydrogens is 386 g/mol. The van der Waals surface area contributed by atoms with Gasteiger partial charge in [0.25, 0.3) is 0 Å². The minimum atomic E-state index is -0.870. The number of esters is 1. The molecule has 2 heterocycles. The topological polar surface area (TPSA) is 70.7 Å². The molecule has 1 fully saturated rings. The van der Waals surface area contributed by atoms with Crippen molar-refractivity contribution >= 4 is 23.2 Å². The first-order valence-electron chi connectivity index (χ1n) is 9.95. The fourth-order valence-electron chi connectivity index (χ4n) is 3.85. The molecule has 2 atom stereocenters. The normalized spacial score (nSPS) is 20.8. The van der Waals surface area contributed by atoms with Gasteiger partial charge in [0.2, 0.25) is 5.91 Å². The molecule has 1 amide bonds. The summed E-state index contributed by atoms with van der Waals surface area (Å²) in [7, 11) is 1.40. The predicted octanol–water partition coefficient (Wildman–Crippen LogP) is 2.72. The molecule has 0 bridgehead atoms. The van der Waals surface area contributed by atoms with Gasteiger partial charge in [-0.15, -0.1) is 11.3 Å². The highest BCUT2D eigenvalue weighted by molar-refractivity contribution is 7.10. The first kappa shape index (κ1) is 21.5. The lowest BCUT2D eigenvalue weighted by molar-refractivity contribution is -0.151.